The third kappa shape index (κ3) is 4.65. The number of aliphatic hydroxyl groups excluding tert-OH is 1. The Morgan fingerprint density at radius 2 is 1.50 bits per heavy atom. The maximum Gasteiger partial charge on any atom is 0.416 e. The van der Waals surface area contributed by atoms with Crippen molar-refractivity contribution in [3.63, 3.8) is 0 Å². The summed E-state index contributed by atoms with van der Waals surface area (Å²) in [7, 11) is 0. The van der Waals surface area contributed by atoms with Crippen LogP contribution in [0.4, 0.5) is 13.2 Å². The lowest BCUT2D eigenvalue weighted by molar-refractivity contribution is -0.137. The van der Waals surface area contributed by atoms with E-state index in [-0.39, 0.29) is 0 Å². The number of hydrogen-bond acceptors (Lipinski definition) is 3. The molecule has 0 radical (unpaired) electrons. The highest BCUT2D eigenvalue weighted by molar-refractivity contribution is 5.91. The molecule has 7 heteroatoms. The van der Waals surface area contributed by atoms with Crippen molar-refractivity contribution in [2.45, 2.75) is 19.5 Å². The van der Waals surface area contributed by atoms with Crippen LogP contribution >= 0.6 is 0 Å². The summed E-state index contributed by atoms with van der Waals surface area (Å²) in [5.41, 5.74) is 5.45. The number of hydrogen-bond donors (Lipinski definition) is 2. The molecule has 162 valence electrons. The standard InChI is InChI=1S/C20H13F3.C5H5NO3/c21-20(22,23)15-10-8-13(9-11-15)16-6-3-7-18-17-5-2-1-4-14(17)12-19(16)18;1-3(7)4(2-6)5(8)9/h1-11H,12H2;7H,1H3,(H,8,9)/b;4-3-. The average molecular weight is 437 g/mol. The molecule has 3 aromatic carbocycles. The van der Waals surface area contributed by atoms with Crippen molar-refractivity contribution in [1.29, 1.82) is 5.26 Å². The van der Waals surface area contributed by atoms with Crippen molar-refractivity contribution in [1.82, 2.24) is 0 Å². The minimum Gasteiger partial charge on any atom is -0.511 e. The number of carboxylic acid groups (broad SMARTS) is 1. The summed E-state index contributed by atoms with van der Waals surface area (Å²) in [6.45, 7) is 1.15. The van der Waals surface area contributed by atoms with Gasteiger partial charge < -0.3 is 10.2 Å². The molecule has 0 aromatic heterocycles. The van der Waals surface area contributed by atoms with Crippen molar-refractivity contribution in [2.24, 2.45) is 0 Å². The van der Waals surface area contributed by atoms with E-state index in [9.17, 15) is 18.0 Å². The van der Waals surface area contributed by atoms with Gasteiger partial charge in [-0.3, -0.25) is 0 Å². The Morgan fingerprint density at radius 3 is 2.03 bits per heavy atom. The molecule has 0 amide bonds. The SMILES string of the molecule is C/C(O)=C(\C#N)C(=O)O.FC(F)(F)c1ccc(-c2cccc3c2Cc2ccccc2-3)cc1. The number of alkyl halides is 3. The summed E-state index contributed by atoms with van der Waals surface area (Å²) in [5, 5.41) is 24.6. The summed E-state index contributed by atoms with van der Waals surface area (Å²) < 4.78 is 38.2. The smallest absolute Gasteiger partial charge is 0.416 e. The number of allylic oxidation sites excluding steroid dienone is 1. The summed E-state index contributed by atoms with van der Waals surface area (Å²) in [4.78, 5) is 9.93. The molecule has 32 heavy (non-hydrogen) atoms. The van der Waals surface area contributed by atoms with Crippen LogP contribution in [0.15, 0.2) is 78.1 Å². The van der Waals surface area contributed by atoms with Gasteiger partial charge in [0.05, 0.1) is 5.56 Å². The van der Waals surface area contributed by atoms with Gasteiger partial charge in [0, 0.05) is 0 Å². The summed E-state index contributed by atoms with van der Waals surface area (Å²) in [6, 6.07) is 21.0. The Hall–Kier alpha value is -4.05. The molecule has 0 aliphatic heterocycles. The Morgan fingerprint density at radius 1 is 0.906 bits per heavy atom. The maximum atomic E-state index is 12.7. The predicted octanol–water partition coefficient (Wildman–Crippen LogP) is 6.37. The number of nitrogens with zero attached hydrogens (tertiary/aromatic N) is 1. The van der Waals surface area contributed by atoms with Crippen LogP contribution in [0.2, 0.25) is 0 Å². The number of benzene rings is 3. The number of fused-ring (bicyclic) bond motifs is 3. The molecule has 0 spiro atoms. The number of halogens is 3. The molecular formula is C25H18F3NO3. The van der Waals surface area contributed by atoms with Crippen LogP contribution in [0, 0.1) is 11.3 Å². The molecular weight excluding hydrogens is 419 g/mol. The van der Waals surface area contributed by atoms with E-state index in [1.807, 2.05) is 24.3 Å². The number of aliphatic carboxylic acids is 1. The van der Waals surface area contributed by atoms with E-state index in [4.69, 9.17) is 15.5 Å². The second kappa shape index (κ2) is 8.98. The van der Waals surface area contributed by atoms with Crippen molar-refractivity contribution < 1.29 is 28.2 Å². The van der Waals surface area contributed by atoms with Gasteiger partial charge in [0.2, 0.25) is 0 Å². The Bertz CT molecular complexity index is 1230. The first-order valence-electron chi connectivity index (χ1n) is 9.54. The Kier molecular flexibility index (Phi) is 6.35. The zero-order chi connectivity index (χ0) is 23.5. The van der Waals surface area contributed by atoms with E-state index in [2.05, 4.69) is 18.2 Å². The number of aliphatic hydroxyl groups is 1. The molecule has 0 saturated carbocycles. The second-order valence-electron chi connectivity index (χ2n) is 7.12. The third-order valence-corrected chi connectivity index (χ3v) is 5.06. The predicted molar refractivity (Wildman–Crippen MR) is 114 cm³/mol. The molecule has 1 aliphatic rings. The number of nitriles is 1. The lowest BCUT2D eigenvalue weighted by Gasteiger charge is -2.11. The highest BCUT2D eigenvalue weighted by Gasteiger charge is 2.30. The van der Waals surface area contributed by atoms with Gasteiger partial charge in [-0.15, -0.1) is 0 Å². The van der Waals surface area contributed by atoms with Crippen LogP contribution in [-0.2, 0) is 17.4 Å². The first-order valence-corrected chi connectivity index (χ1v) is 9.54. The third-order valence-electron chi connectivity index (χ3n) is 5.06. The molecule has 0 unspecified atom stereocenters. The molecule has 0 atom stereocenters. The van der Waals surface area contributed by atoms with Crippen LogP contribution in [-0.4, -0.2) is 16.2 Å². The van der Waals surface area contributed by atoms with E-state index in [0.717, 1.165) is 36.6 Å². The topological polar surface area (TPSA) is 81.3 Å². The van der Waals surface area contributed by atoms with Gasteiger partial charge in [-0.25, -0.2) is 4.79 Å². The number of carboxylic acids is 1. The molecule has 0 bridgehead atoms. The van der Waals surface area contributed by atoms with Crippen LogP contribution in [0.3, 0.4) is 0 Å². The maximum absolute atomic E-state index is 12.7. The fourth-order valence-corrected chi connectivity index (χ4v) is 3.55. The van der Waals surface area contributed by atoms with E-state index in [1.165, 1.54) is 28.3 Å². The quantitative estimate of drug-likeness (QED) is 0.217. The van der Waals surface area contributed by atoms with Gasteiger partial charge in [-0.2, -0.15) is 18.4 Å². The number of carbonyl (C=O) groups is 1. The van der Waals surface area contributed by atoms with Crippen molar-refractivity contribution in [2.75, 3.05) is 0 Å². The highest BCUT2D eigenvalue weighted by Crippen LogP contribution is 2.41. The fraction of sp³-hybridized carbons (Fsp3) is 0.120. The molecule has 4 rings (SSSR count). The van der Waals surface area contributed by atoms with Crippen molar-refractivity contribution in [3.8, 4) is 28.3 Å². The van der Waals surface area contributed by atoms with E-state index in [1.54, 1.807) is 12.1 Å². The normalized spacial score (nSPS) is 12.5. The monoisotopic (exact) mass is 437 g/mol. The fourth-order valence-electron chi connectivity index (χ4n) is 3.55. The minimum absolute atomic E-state index is 0.468. The van der Waals surface area contributed by atoms with Crippen molar-refractivity contribution >= 4 is 5.97 Å². The molecule has 0 saturated heterocycles. The zero-order valence-corrected chi connectivity index (χ0v) is 16.9. The molecule has 0 heterocycles. The van der Waals surface area contributed by atoms with Crippen LogP contribution in [0.1, 0.15) is 23.6 Å². The van der Waals surface area contributed by atoms with Gasteiger partial charge in [-0.05, 0) is 58.9 Å². The first kappa shape index (κ1) is 22.6. The summed E-state index contributed by atoms with van der Waals surface area (Å²) in [5.74, 6) is -1.87. The van der Waals surface area contributed by atoms with Crippen LogP contribution < -0.4 is 0 Å². The van der Waals surface area contributed by atoms with Crippen LogP contribution in [0.5, 0.6) is 0 Å². The zero-order valence-electron chi connectivity index (χ0n) is 16.9. The Labute approximate surface area is 182 Å². The van der Waals surface area contributed by atoms with E-state index >= 15 is 0 Å². The highest BCUT2D eigenvalue weighted by atomic mass is 19.4. The van der Waals surface area contributed by atoms with Gasteiger partial charge in [0.1, 0.15) is 11.8 Å². The van der Waals surface area contributed by atoms with Gasteiger partial charge in [-0.1, -0.05) is 54.6 Å². The molecule has 3 aromatic rings. The minimum atomic E-state index is -4.30. The lowest BCUT2D eigenvalue weighted by Crippen LogP contribution is -2.04. The largest absolute Gasteiger partial charge is 0.511 e. The summed E-state index contributed by atoms with van der Waals surface area (Å²) in [6.07, 6.45) is -3.48. The van der Waals surface area contributed by atoms with E-state index in [0.29, 0.717) is 0 Å². The summed E-state index contributed by atoms with van der Waals surface area (Å²) >= 11 is 0. The van der Waals surface area contributed by atoms with Gasteiger partial charge >= 0.3 is 12.1 Å². The molecule has 2 N–H and O–H groups in total. The van der Waals surface area contributed by atoms with Crippen molar-refractivity contribution in [3.05, 3.63) is 94.8 Å². The van der Waals surface area contributed by atoms with Gasteiger partial charge in [0.25, 0.3) is 0 Å². The first-order chi connectivity index (χ1) is 15.1. The van der Waals surface area contributed by atoms with Crippen LogP contribution in [0.25, 0.3) is 22.3 Å². The average Bonchev–Trinajstić information content (AvgIpc) is 3.12. The number of rotatable bonds is 2. The molecule has 1 aliphatic carbocycles. The lowest BCUT2D eigenvalue weighted by atomic mass is 9.95. The van der Waals surface area contributed by atoms with Gasteiger partial charge in [0.15, 0.2) is 5.57 Å². The second-order valence-corrected chi connectivity index (χ2v) is 7.12. The molecule has 0 fully saturated rings. The van der Waals surface area contributed by atoms with E-state index < -0.39 is 29.0 Å². The Balaban J connectivity index is 0.000000275. The molecule has 4 nitrogen and oxygen atoms in total.